The molecule has 0 saturated carbocycles. The number of nitrogens with zero attached hydrogens (tertiary/aromatic N) is 3. The summed E-state index contributed by atoms with van der Waals surface area (Å²) in [6, 6.07) is 24.4. The lowest BCUT2D eigenvalue weighted by molar-refractivity contribution is -0.111. The van der Waals surface area contributed by atoms with Crippen LogP contribution in [-0.4, -0.2) is 20.9 Å². The number of carbonyl (C=O) groups excluding carboxylic acids is 1. The van der Waals surface area contributed by atoms with Gasteiger partial charge < -0.3 is 16.0 Å². The highest BCUT2D eigenvalue weighted by atomic mass is 16.1. The Hall–Kier alpha value is -4.52. The van der Waals surface area contributed by atoms with Gasteiger partial charge in [0.2, 0.25) is 5.91 Å². The van der Waals surface area contributed by atoms with Gasteiger partial charge in [0, 0.05) is 29.7 Å². The Kier molecular flexibility index (Phi) is 6.25. The van der Waals surface area contributed by atoms with Crippen LogP contribution in [0.25, 0.3) is 6.08 Å². The molecule has 4 aromatic rings. The summed E-state index contributed by atoms with van der Waals surface area (Å²) in [5, 5.41) is 9.19. The van der Waals surface area contributed by atoms with Crippen LogP contribution in [0.5, 0.6) is 0 Å². The molecule has 0 atom stereocenters. The summed E-state index contributed by atoms with van der Waals surface area (Å²) >= 11 is 0. The maximum atomic E-state index is 12.1. The summed E-state index contributed by atoms with van der Waals surface area (Å²) in [5.41, 5.74) is 2.51. The van der Waals surface area contributed by atoms with E-state index >= 15 is 0 Å². The zero-order valence-corrected chi connectivity index (χ0v) is 16.6. The van der Waals surface area contributed by atoms with Crippen molar-refractivity contribution >= 4 is 40.8 Å². The molecule has 0 aliphatic rings. The number of pyridine rings is 1. The van der Waals surface area contributed by atoms with E-state index in [9.17, 15) is 4.79 Å². The second-order valence-corrected chi connectivity index (χ2v) is 6.56. The van der Waals surface area contributed by atoms with Crippen molar-refractivity contribution in [3.8, 4) is 0 Å². The van der Waals surface area contributed by atoms with Crippen molar-refractivity contribution in [1.29, 1.82) is 0 Å². The van der Waals surface area contributed by atoms with E-state index in [1.807, 2.05) is 72.8 Å². The van der Waals surface area contributed by atoms with Gasteiger partial charge in [0.1, 0.15) is 23.8 Å². The average molecular weight is 408 g/mol. The predicted molar refractivity (Wildman–Crippen MR) is 123 cm³/mol. The molecule has 4 rings (SSSR count). The Morgan fingerprint density at radius 3 is 2.16 bits per heavy atom. The number of benzene rings is 2. The summed E-state index contributed by atoms with van der Waals surface area (Å²) in [6.07, 6.45) is 6.47. The first-order valence-electron chi connectivity index (χ1n) is 9.66. The molecule has 2 heterocycles. The topological polar surface area (TPSA) is 91.8 Å². The Morgan fingerprint density at radius 1 is 0.710 bits per heavy atom. The van der Waals surface area contributed by atoms with Gasteiger partial charge in [-0.2, -0.15) is 0 Å². The van der Waals surface area contributed by atoms with Gasteiger partial charge >= 0.3 is 0 Å². The van der Waals surface area contributed by atoms with Crippen LogP contribution < -0.4 is 16.0 Å². The number of rotatable bonds is 7. The van der Waals surface area contributed by atoms with Crippen LogP contribution in [0, 0.1) is 0 Å². The molecule has 7 heteroatoms. The molecule has 0 bridgehead atoms. The number of aromatic nitrogens is 3. The molecule has 31 heavy (non-hydrogen) atoms. The fourth-order valence-corrected chi connectivity index (χ4v) is 2.77. The molecule has 152 valence electrons. The molecule has 0 aliphatic heterocycles. The van der Waals surface area contributed by atoms with E-state index < -0.39 is 0 Å². The molecular weight excluding hydrogens is 388 g/mol. The molecule has 0 unspecified atom stereocenters. The van der Waals surface area contributed by atoms with E-state index in [0.29, 0.717) is 23.1 Å². The minimum absolute atomic E-state index is 0.189. The Bertz CT molecular complexity index is 1160. The minimum atomic E-state index is -0.189. The Balaban J connectivity index is 1.35. The molecular formula is C24H20N6O. The van der Waals surface area contributed by atoms with E-state index in [1.54, 1.807) is 18.3 Å². The average Bonchev–Trinajstić information content (AvgIpc) is 2.81. The largest absolute Gasteiger partial charge is 0.340 e. The van der Waals surface area contributed by atoms with E-state index in [-0.39, 0.29) is 5.91 Å². The first kappa shape index (κ1) is 19.8. The summed E-state index contributed by atoms with van der Waals surface area (Å²) in [7, 11) is 0. The third-order valence-corrected chi connectivity index (χ3v) is 4.24. The van der Waals surface area contributed by atoms with Crippen LogP contribution >= 0.6 is 0 Å². The highest BCUT2D eigenvalue weighted by Crippen LogP contribution is 2.20. The summed E-state index contributed by atoms with van der Waals surface area (Å²) in [5.74, 6) is 1.78. The van der Waals surface area contributed by atoms with Crippen molar-refractivity contribution in [2.45, 2.75) is 0 Å². The molecule has 0 spiro atoms. The number of hydrogen-bond donors (Lipinski definition) is 3. The van der Waals surface area contributed by atoms with Gasteiger partial charge in [0.05, 0.1) is 0 Å². The van der Waals surface area contributed by atoms with Crippen LogP contribution in [0.15, 0.2) is 97.5 Å². The molecule has 2 aromatic carbocycles. The maximum absolute atomic E-state index is 12.1. The maximum Gasteiger partial charge on any atom is 0.248 e. The summed E-state index contributed by atoms with van der Waals surface area (Å²) < 4.78 is 0. The number of nitrogens with one attached hydrogen (secondary N) is 3. The predicted octanol–water partition coefficient (Wildman–Crippen LogP) is 5.01. The highest BCUT2D eigenvalue weighted by molar-refractivity contribution is 6.02. The molecule has 0 aliphatic carbocycles. The first-order valence-corrected chi connectivity index (χ1v) is 9.66. The van der Waals surface area contributed by atoms with E-state index in [4.69, 9.17) is 0 Å². The molecule has 2 aromatic heterocycles. The lowest BCUT2D eigenvalue weighted by atomic mass is 10.2. The van der Waals surface area contributed by atoms with Gasteiger partial charge in [-0.15, -0.1) is 0 Å². The van der Waals surface area contributed by atoms with Crippen LogP contribution in [0.4, 0.5) is 28.8 Å². The normalized spacial score (nSPS) is 10.6. The quantitative estimate of drug-likeness (QED) is 0.372. The van der Waals surface area contributed by atoms with Crippen LogP contribution in [0.2, 0.25) is 0 Å². The smallest absolute Gasteiger partial charge is 0.248 e. The van der Waals surface area contributed by atoms with E-state index in [2.05, 4.69) is 30.9 Å². The second kappa shape index (κ2) is 9.80. The molecule has 0 fully saturated rings. The van der Waals surface area contributed by atoms with E-state index in [0.717, 1.165) is 11.3 Å². The molecule has 3 N–H and O–H groups in total. The highest BCUT2D eigenvalue weighted by Gasteiger charge is 2.02. The van der Waals surface area contributed by atoms with Crippen molar-refractivity contribution in [2.24, 2.45) is 0 Å². The van der Waals surface area contributed by atoms with Crippen molar-refractivity contribution in [2.75, 3.05) is 16.0 Å². The van der Waals surface area contributed by atoms with Crippen LogP contribution in [0.1, 0.15) is 5.56 Å². The second-order valence-electron chi connectivity index (χ2n) is 6.56. The Labute approximate surface area is 179 Å². The van der Waals surface area contributed by atoms with Crippen molar-refractivity contribution < 1.29 is 4.79 Å². The lowest BCUT2D eigenvalue weighted by Gasteiger charge is -2.09. The van der Waals surface area contributed by atoms with Gasteiger partial charge in [-0.25, -0.2) is 15.0 Å². The van der Waals surface area contributed by atoms with E-state index in [1.165, 1.54) is 12.4 Å². The molecule has 7 nitrogen and oxygen atoms in total. The summed E-state index contributed by atoms with van der Waals surface area (Å²) in [4.78, 5) is 24.8. The molecule has 0 saturated heterocycles. The zero-order chi connectivity index (χ0) is 21.3. The molecule has 1 amide bonds. The Morgan fingerprint density at radius 2 is 1.42 bits per heavy atom. The zero-order valence-electron chi connectivity index (χ0n) is 16.6. The van der Waals surface area contributed by atoms with Crippen LogP contribution in [0.3, 0.4) is 0 Å². The van der Waals surface area contributed by atoms with Gasteiger partial charge in [-0.3, -0.25) is 4.79 Å². The summed E-state index contributed by atoms with van der Waals surface area (Å²) in [6.45, 7) is 0. The first-order chi connectivity index (χ1) is 15.2. The minimum Gasteiger partial charge on any atom is -0.340 e. The number of anilines is 5. The van der Waals surface area contributed by atoms with Gasteiger partial charge in [0.25, 0.3) is 0 Å². The number of carbonyl (C=O) groups is 1. The fraction of sp³-hybridized carbons (Fsp3) is 0. The van der Waals surface area contributed by atoms with Crippen molar-refractivity contribution in [1.82, 2.24) is 15.0 Å². The fourth-order valence-electron chi connectivity index (χ4n) is 2.77. The number of hydrogen-bond acceptors (Lipinski definition) is 6. The third kappa shape index (κ3) is 5.98. The number of amides is 1. The van der Waals surface area contributed by atoms with Gasteiger partial charge in [-0.1, -0.05) is 36.4 Å². The standard InChI is InChI=1S/C24H20N6O/c31-24(14-9-18-6-2-1-3-7-18)29-20-12-10-19(11-13-20)28-22-16-23(27-17-26-22)30-21-8-4-5-15-25-21/h1-17H,(H,29,31)(H2,25,26,27,28,30)/b14-9+. The van der Waals surface area contributed by atoms with Crippen LogP contribution in [-0.2, 0) is 4.79 Å². The van der Waals surface area contributed by atoms with Gasteiger partial charge in [-0.05, 0) is 48.0 Å². The SMILES string of the molecule is O=C(/C=C/c1ccccc1)Nc1ccc(Nc2cc(Nc3ccccn3)ncn2)cc1. The third-order valence-electron chi connectivity index (χ3n) is 4.24. The lowest BCUT2D eigenvalue weighted by Crippen LogP contribution is -2.07. The monoisotopic (exact) mass is 408 g/mol. The van der Waals surface area contributed by atoms with Crippen molar-refractivity contribution in [3.05, 3.63) is 103 Å². The van der Waals surface area contributed by atoms with Gasteiger partial charge in [0.15, 0.2) is 0 Å². The molecule has 0 radical (unpaired) electrons. The van der Waals surface area contributed by atoms with Crippen molar-refractivity contribution in [3.63, 3.8) is 0 Å².